The van der Waals surface area contributed by atoms with Crippen LogP contribution in [0.5, 0.6) is 0 Å². The summed E-state index contributed by atoms with van der Waals surface area (Å²) in [4.78, 5) is 16.0. The van der Waals surface area contributed by atoms with Crippen LogP contribution in [0.2, 0.25) is 0 Å². The van der Waals surface area contributed by atoms with E-state index in [-0.39, 0.29) is 6.04 Å². The standard InChI is InChI=1S/C18H20N2O/c21-15-18-14-19(13-16-7-3-1-4-8-16)11-12-20(18)17-9-5-2-6-10-17/h1-10,15,18H,11-14H2. The lowest BCUT2D eigenvalue weighted by Crippen LogP contribution is -2.53. The van der Waals surface area contributed by atoms with Gasteiger partial charge in [0, 0.05) is 31.9 Å². The van der Waals surface area contributed by atoms with Crippen molar-refractivity contribution in [2.45, 2.75) is 12.6 Å². The van der Waals surface area contributed by atoms with Crippen molar-refractivity contribution in [3.05, 3.63) is 66.2 Å². The molecule has 1 aliphatic heterocycles. The maximum absolute atomic E-state index is 11.5. The van der Waals surface area contributed by atoms with E-state index in [0.29, 0.717) is 0 Å². The fraction of sp³-hybridized carbons (Fsp3) is 0.278. The molecule has 0 radical (unpaired) electrons. The summed E-state index contributed by atoms with van der Waals surface area (Å²) in [6.07, 6.45) is 1.07. The molecule has 1 fully saturated rings. The zero-order valence-corrected chi connectivity index (χ0v) is 12.1. The van der Waals surface area contributed by atoms with E-state index < -0.39 is 0 Å². The summed E-state index contributed by atoms with van der Waals surface area (Å²) in [6.45, 7) is 3.56. The summed E-state index contributed by atoms with van der Waals surface area (Å²) in [5.74, 6) is 0. The molecule has 0 spiro atoms. The summed E-state index contributed by atoms with van der Waals surface area (Å²) in [6, 6.07) is 20.6. The Hall–Kier alpha value is -2.13. The van der Waals surface area contributed by atoms with Crippen molar-refractivity contribution >= 4 is 12.0 Å². The predicted octanol–water partition coefficient (Wildman–Crippen LogP) is 2.58. The maximum Gasteiger partial charge on any atom is 0.143 e. The van der Waals surface area contributed by atoms with Crippen molar-refractivity contribution < 1.29 is 4.79 Å². The van der Waals surface area contributed by atoms with Crippen LogP contribution in [0.3, 0.4) is 0 Å². The Morgan fingerprint density at radius 2 is 1.62 bits per heavy atom. The third-order valence-corrected chi connectivity index (χ3v) is 4.00. The van der Waals surface area contributed by atoms with Crippen LogP contribution < -0.4 is 4.90 Å². The SMILES string of the molecule is O=CC1CN(Cc2ccccc2)CCN1c1ccccc1. The third kappa shape index (κ3) is 3.31. The predicted molar refractivity (Wildman–Crippen MR) is 85.4 cm³/mol. The third-order valence-electron chi connectivity index (χ3n) is 4.00. The average Bonchev–Trinajstić information content (AvgIpc) is 2.56. The molecule has 0 aromatic heterocycles. The Bertz CT molecular complexity index is 570. The quantitative estimate of drug-likeness (QED) is 0.804. The van der Waals surface area contributed by atoms with Crippen molar-refractivity contribution in [2.75, 3.05) is 24.5 Å². The first-order valence-electron chi connectivity index (χ1n) is 7.40. The minimum Gasteiger partial charge on any atom is -0.359 e. The van der Waals surface area contributed by atoms with Crippen LogP contribution >= 0.6 is 0 Å². The number of hydrogen-bond donors (Lipinski definition) is 0. The van der Waals surface area contributed by atoms with Gasteiger partial charge in [0.25, 0.3) is 0 Å². The normalized spacial score (nSPS) is 19.4. The molecule has 0 amide bonds. The minimum absolute atomic E-state index is 0.0649. The Labute approximate surface area is 125 Å². The molecule has 2 aromatic carbocycles. The topological polar surface area (TPSA) is 23.6 Å². The second kappa shape index (κ2) is 6.55. The lowest BCUT2D eigenvalue weighted by Gasteiger charge is -2.40. The van der Waals surface area contributed by atoms with Crippen LogP contribution in [-0.2, 0) is 11.3 Å². The Balaban J connectivity index is 1.68. The zero-order valence-electron chi connectivity index (χ0n) is 12.1. The van der Waals surface area contributed by atoms with Gasteiger partial charge in [-0.1, -0.05) is 48.5 Å². The molecular weight excluding hydrogens is 260 g/mol. The molecule has 0 saturated carbocycles. The van der Waals surface area contributed by atoms with E-state index >= 15 is 0 Å². The Kier molecular flexibility index (Phi) is 4.31. The molecule has 3 heteroatoms. The van der Waals surface area contributed by atoms with Crippen LogP contribution in [0.25, 0.3) is 0 Å². The van der Waals surface area contributed by atoms with Gasteiger partial charge < -0.3 is 9.69 Å². The molecule has 3 rings (SSSR count). The van der Waals surface area contributed by atoms with Crippen molar-refractivity contribution in [1.82, 2.24) is 4.90 Å². The maximum atomic E-state index is 11.5. The molecule has 1 aliphatic rings. The first-order chi connectivity index (χ1) is 10.4. The highest BCUT2D eigenvalue weighted by Crippen LogP contribution is 2.20. The second-order valence-corrected chi connectivity index (χ2v) is 5.45. The van der Waals surface area contributed by atoms with Gasteiger partial charge in [0.05, 0.1) is 6.04 Å². The van der Waals surface area contributed by atoms with Crippen LogP contribution in [0.1, 0.15) is 5.56 Å². The highest BCUT2D eigenvalue weighted by molar-refractivity contribution is 5.67. The van der Waals surface area contributed by atoms with E-state index in [9.17, 15) is 4.79 Å². The highest BCUT2D eigenvalue weighted by atomic mass is 16.1. The van der Waals surface area contributed by atoms with Crippen LogP contribution in [0, 0.1) is 0 Å². The van der Waals surface area contributed by atoms with Crippen LogP contribution in [0.4, 0.5) is 5.69 Å². The summed E-state index contributed by atoms with van der Waals surface area (Å²) >= 11 is 0. The Morgan fingerprint density at radius 1 is 0.952 bits per heavy atom. The van der Waals surface area contributed by atoms with Gasteiger partial charge in [-0.15, -0.1) is 0 Å². The van der Waals surface area contributed by atoms with Gasteiger partial charge in [0.15, 0.2) is 0 Å². The van der Waals surface area contributed by atoms with Gasteiger partial charge in [0.1, 0.15) is 6.29 Å². The van der Waals surface area contributed by atoms with E-state index in [1.54, 1.807) is 0 Å². The monoisotopic (exact) mass is 280 g/mol. The van der Waals surface area contributed by atoms with E-state index in [2.05, 4.69) is 46.2 Å². The summed E-state index contributed by atoms with van der Waals surface area (Å²) in [5.41, 5.74) is 2.43. The average molecular weight is 280 g/mol. The number of carbonyl (C=O) groups is 1. The summed E-state index contributed by atoms with van der Waals surface area (Å²) < 4.78 is 0. The number of piperazine rings is 1. The first kappa shape index (κ1) is 13.8. The number of rotatable bonds is 4. The summed E-state index contributed by atoms with van der Waals surface area (Å²) in [5, 5.41) is 0. The van der Waals surface area contributed by atoms with Crippen molar-refractivity contribution in [3.63, 3.8) is 0 Å². The number of benzene rings is 2. The van der Waals surface area contributed by atoms with E-state index in [0.717, 1.165) is 38.2 Å². The summed E-state index contributed by atoms with van der Waals surface area (Å²) in [7, 11) is 0. The van der Waals surface area contributed by atoms with E-state index in [4.69, 9.17) is 0 Å². The van der Waals surface area contributed by atoms with Gasteiger partial charge in [-0.25, -0.2) is 0 Å². The second-order valence-electron chi connectivity index (χ2n) is 5.45. The van der Waals surface area contributed by atoms with Crippen molar-refractivity contribution in [1.29, 1.82) is 0 Å². The van der Waals surface area contributed by atoms with Crippen LogP contribution in [-0.4, -0.2) is 36.9 Å². The molecule has 0 N–H and O–H groups in total. The molecule has 1 saturated heterocycles. The van der Waals surface area contributed by atoms with Gasteiger partial charge in [-0.2, -0.15) is 0 Å². The fourth-order valence-electron chi connectivity index (χ4n) is 2.91. The van der Waals surface area contributed by atoms with Crippen LogP contribution in [0.15, 0.2) is 60.7 Å². The number of anilines is 1. The number of carbonyl (C=O) groups excluding carboxylic acids is 1. The smallest absolute Gasteiger partial charge is 0.143 e. The zero-order chi connectivity index (χ0) is 14.5. The lowest BCUT2D eigenvalue weighted by atomic mass is 10.1. The number of hydrogen-bond acceptors (Lipinski definition) is 3. The van der Waals surface area contributed by atoms with Gasteiger partial charge >= 0.3 is 0 Å². The van der Waals surface area contributed by atoms with E-state index in [1.807, 2.05) is 24.3 Å². The van der Waals surface area contributed by atoms with Crippen molar-refractivity contribution in [2.24, 2.45) is 0 Å². The molecule has 2 aromatic rings. The molecule has 21 heavy (non-hydrogen) atoms. The van der Waals surface area contributed by atoms with Crippen molar-refractivity contribution in [3.8, 4) is 0 Å². The molecule has 108 valence electrons. The molecule has 1 unspecified atom stereocenters. The number of nitrogens with zero attached hydrogens (tertiary/aromatic N) is 2. The van der Waals surface area contributed by atoms with E-state index in [1.165, 1.54) is 5.56 Å². The minimum atomic E-state index is -0.0649. The van der Waals surface area contributed by atoms with Gasteiger partial charge in [-0.05, 0) is 17.7 Å². The Morgan fingerprint density at radius 3 is 2.29 bits per heavy atom. The number of para-hydroxylation sites is 1. The largest absolute Gasteiger partial charge is 0.359 e. The molecular formula is C18H20N2O. The number of aldehydes is 1. The fourth-order valence-corrected chi connectivity index (χ4v) is 2.91. The molecule has 0 aliphatic carbocycles. The first-order valence-corrected chi connectivity index (χ1v) is 7.40. The molecule has 0 bridgehead atoms. The lowest BCUT2D eigenvalue weighted by molar-refractivity contribution is -0.109. The van der Waals surface area contributed by atoms with Gasteiger partial charge in [0.2, 0.25) is 0 Å². The molecule has 1 atom stereocenters. The molecule has 3 nitrogen and oxygen atoms in total. The molecule has 1 heterocycles. The van der Waals surface area contributed by atoms with Gasteiger partial charge in [-0.3, -0.25) is 4.90 Å². The highest BCUT2D eigenvalue weighted by Gasteiger charge is 2.26.